The van der Waals surface area contributed by atoms with E-state index in [0.29, 0.717) is 5.88 Å². The molecule has 1 heterocycles. The SMILES string of the molecule is Cc1cnnc(Oc2ccc(N)c3ccccc23)c1. The van der Waals surface area contributed by atoms with Gasteiger partial charge >= 0.3 is 0 Å². The number of benzene rings is 2. The second-order valence-electron chi connectivity index (χ2n) is 4.37. The van der Waals surface area contributed by atoms with Crippen molar-refractivity contribution in [3.63, 3.8) is 0 Å². The molecule has 0 spiro atoms. The van der Waals surface area contributed by atoms with Crippen LogP contribution >= 0.6 is 0 Å². The summed E-state index contributed by atoms with van der Waals surface area (Å²) in [5.74, 6) is 1.21. The third-order valence-corrected chi connectivity index (χ3v) is 2.90. The van der Waals surface area contributed by atoms with E-state index < -0.39 is 0 Å². The van der Waals surface area contributed by atoms with Gasteiger partial charge in [0.05, 0.1) is 6.20 Å². The fraction of sp³-hybridized carbons (Fsp3) is 0.0667. The fourth-order valence-corrected chi connectivity index (χ4v) is 1.98. The number of aryl methyl sites for hydroxylation is 1. The molecule has 3 aromatic rings. The quantitative estimate of drug-likeness (QED) is 0.710. The van der Waals surface area contributed by atoms with E-state index >= 15 is 0 Å². The van der Waals surface area contributed by atoms with Gasteiger partial charge < -0.3 is 10.5 Å². The Morgan fingerprint density at radius 3 is 2.63 bits per heavy atom. The normalized spacial score (nSPS) is 10.6. The lowest BCUT2D eigenvalue weighted by Crippen LogP contribution is -1.93. The highest BCUT2D eigenvalue weighted by molar-refractivity contribution is 5.97. The van der Waals surface area contributed by atoms with Crippen molar-refractivity contribution in [3.8, 4) is 11.6 Å². The smallest absolute Gasteiger partial charge is 0.239 e. The molecule has 0 radical (unpaired) electrons. The lowest BCUT2D eigenvalue weighted by molar-refractivity contribution is 0.459. The van der Waals surface area contributed by atoms with Gasteiger partial charge in [-0.2, -0.15) is 5.10 Å². The molecular formula is C15H13N3O. The number of rotatable bonds is 2. The van der Waals surface area contributed by atoms with Crippen LogP contribution in [-0.2, 0) is 0 Å². The van der Waals surface area contributed by atoms with Crippen LogP contribution in [0.4, 0.5) is 5.69 Å². The van der Waals surface area contributed by atoms with E-state index in [1.165, 1.54) is 0 Å². The molecule has 0 amide bonds. The second kappa shape index (κ2) is 4.57. The summed E-state index contributed by atoms with van der Waals surface area (Å²) < 4.78 is 5.80. The summed E-state index contributed by atoms with van der Waals surface area (Å²) >= 11 is 0. The standard InChI is InChI=1S/C15H13N3O/c1-10-8-15(18-17-9-10)19-14-7-6-13(16)11-4-2-3-5-12(11)14/h2-9H,16H2,1H3. The molecule has 0 saturated heterocycles. The number of hydrogen-bond acceptors (Lipinski definition) is 4. The Hall–Kier alpha value is -2.62. The number of fused-ring (bicyclic) bond motifs is 1. The van der Waals surface area contributed by atoms with Crippen molar-refractivity contribution >= 4 is 16.5 Å². The zero-order valence-electron chi connectivity index (χ0n) is 10.5. The molecule has 0 atom stereocenters. The van der Waals surface area contributed by atoms with Crippen LogP contribution < -0.4 is 10.5 Å². The maximum absolute atomic E-state index is 5.96. The molecule has 1 aromatic heterocycles. The highest BCUT2D eigenvalue weighted by Gasteiger charge is 2.06. The van der Waals surface area contributed by atoms with E-state index in [4.69, 9.17) is 10.5 Å². The third kappa shape index (κ3) is 2.20. The Morgan fingerprint density at radius 2 is 1.84 bits per heavy atom. The predicted molar refractivity (Wildman–Crippen MR) is 75.2 cm³/mol. The van der Waals surface area contributed by atoms with Crippen molar-refractivity contribution in [1.82, 2.24) is 10.2 Å². The van der Waals surface area contributed by atoms with Gasteiger partial charge in [-0.15, -0.1) is 5.10 Å². The molecule has 0 bridgehead atoms. The first kappa shape index (κ1) is 11.5. The van der Waals surface area contributed by atoms with Crippen LogP contribution in [-0.4, -0.2) is 10.2 Å². The summed E-state index contributed by atoms with van der Waals surface area (Å²) in [5, 5.41) is 9.78. The Kier molecular flexibility index (Phi) is 2.76. The summed E-state index contributed by atoms with van der Waals surface area (Å²) in [5.41, 5.74) is 7.70. The van der Waals surface area contributed by atoms with Gasteiger partial charge in [-0.1, -0.05) is 24.3 Å². The number of ether oxygens (including phenoxy) is 1. The molecule has 0 fully saturated rings. The van der Waals surface area contributed by atoms with Crippen LogP contribution in [0, 0.1) is 6.92 Å². The molecule has 2 aromatic carbocycles. The van der Waals surface area contributed by atoms with E-state index in [1.54, 1.807) is 6.20 Å². The average Bonchev–Trinajstić information content (AvgIpc) is 2.42. The Labute approximate surface area is 110 Å². The van der Waals surface area contributed by atoms with Gasteiger partial charge in [0, 0.05) is 22.5 Å². The zero-order valence-corrected chi connectivity index (χ0v) is 10.5. The maximum atomic E-state index is 5.96. The van der Waals surface area contributed by atoms with E-state index in [0.717, 1.165) is 27.8 Å². The van der Waals surface area contributed by atoms with Crippen LogP contribution in [0.2, 0.25) is 0 Å². The number of nitrogens with two attached hydrogens (primary N) is 1. The summed E-state index contributed by atoms with van der Waals surface area (Å²) in [7, 11) is 0. The van der Waals surface area contributed by atoms with Gasteiger partial charge in [-0.3, -0.25) is 0 Å². The predicted octanol–water partition coefficient (Wildman–Crippen LogP) is 3.31. The van der Waals surface area contributed by atoms with Crippen LogP contribution in [0.3, 0.4) is 0 Å². The first-order valence-electron chi connectivity index (χ1n) is 5.98. The molecule has 0 aliphatic carbocycles. The monoisotopic (exact) mass is 251 g/mol. The molecule has 0 unspecified atom stereocenters. The lowest BCUT2D eigenvalue weighted by atomic mass is 10.1. The largest absolute Gasteiger partial charge is 0.437 e. The van der Waals surface area contributed by atoms with Gasteiger partial charge in [0.25, 0.3) is 0 Å². The van der Waals surface area contributed by atoms with Crippen molar-refractivity contribution in [1.29, 1.82) is 0 Å². The molecule has 19 heavy (non-hydrogen) atoms. The van der Waals surface area contributed by atoms with Crippen molar-refractivity contribution < 1.29 is 4.74 Å². The summed E-state index contributed by atoms with van der Waals surface area (Å²) in [4.78, 5) is 0. The lowest BCUT2D eigenvalue weighted by Gasteiger charge is -2.09. The van der Waals surface area contributed by atoms with Gasteiger partial charge in [-0.25, -0.2) is 0 Å². The summed E-state index contributed by atoms with van der Waals surface area (Å²) in [6.07, 6.45) is 1.69. The average molecular weight is 251 g/mol. The van der Waals surface area contributed by atoms with E-state index in [9.17, 15) is 0 Å². The summed E-state index contributed by atoms with van der Waals surface area (Å²) in [6.45, 7) is 1.95. The van der Waals surface area contributed by atoms with Crippen molar-refractivity contribution in [2.45, 2.75) is 6.92 Å². The molecule has 3 rings (SSSR count). The topological polar surface area (TPSA) is 61.0 Å². The fourth-order valence-electron chi connectivity index (χ4n) is 1.98. The number of aromatic nitrogens is 2. The molecular weight excluding hydrogens is 238 g/mol. The molecule has 0 saturated carbocycles. The first-order valence-corrected chi connectivity index (χ1v) is 5.98. The van der Waals surface area contributed by atoms with Crippen molar-refractivity contribution in [2.24, 2.45) is 0 Å². The van der Waals surface area contributed by atoms with E-state index in [1.807, 2.05) is 49.4 Å². The minimum Gasteiger partial charge on any atom is -0.437 e. The minimum absolute atomic E-state index is 0.481. The minimum atomic E-state index is 0.481. The Balaban J connectivity index is 2.09. The van der Waals surface area contributed by atoms with Crippen molar-refractivity contribution in [2.75, 3.05) is 5.73 Å². The van der Waals surface area contributed by atoms with E-state index in [2.05, 4.69) is 10.2 Å². The number of nitrogens with zero attached hydrogens (tertiary/aromatic N) is 2. The highest BCUT2D eigenvalue weighted by Crippen LogP contribution is 2.32. The molecule has 4 heteroatoms. The van der Waals surface area contributed by atoms with Crippen molar-refractivity contribution in [3.05, 3.63) is 54.2 Å². The van der Waals surface area contributed by atoms with Gasteiger partial charge in [0.2, 0.25) is 5.88 Å². The molecule has 94 valence electrons. The van der Waals surface area contributed by atoms with Gasteiger partial charge in [0.1, 0.15) is 5.75 Å². The van der Waals surface area contributed by atoms with E-state index in [-0.39, 0.29) is 0 Å². The number of hydrogen-bond donors (Lipinski definition) is 1. The molecule has 2 N–H and O–H groups in total. The van der Waals surface area contributed by atoms with Crippen LogP contribution in [0.15, 0.2) is 48.7 Å². The molecule has 0 aliphatic heterocycles. The van der Waals surface area contributed by atoms with Gasteiger partial charge in [0.15, 0.2) is 0 Å². The van der Waals surface area contributed by atoms with Crippen LogP contribution in [0.1, 0.15) is 5.56 Å². The zero-order chi connectivity index (χ0) is 13.2. The summed E-state index contributed by atoms with van der Waals surface area (Å²) in [6, 6.07) is 13.4. The first-order chi connectivity index (χ1) is 9.24. The van der Waals surface area contributed by atoms with Crippen LogP contribution in [0.5, 0.6) is 11.6 Å². The third-order valence-electron chi connectivity index (χ3n) is 2.90. The van der Waals surface area contributed by atoms with Gasteiger partial charge in [-0.05, 0) is 24.6 Å². The second-order valence-corrected chi connectivity index (χ2v) is 4.37. The highest BCUT2D eigenvalue weighted by atomic mass is 16.5. The molecule has 4 nitrogen and oxygen atoms in total. The molecule has 0 aliphatic rings. The Morgan fingerprint density at radius 1 is 1.05 bits per heavy atom. The van der Waals surface area contributed by atoms with Crippen LogP contribution in [0.25, 0.3) is 10.8 Å². The Bertz CT molecular complexity index is 740. The maximum Gasteiger partial charge on any atom is 0.239 e. The number of nitrogen functional groups attached to an aromatic ring is 1. The number of anilines is 1.